The quantitative estimate of drug-likeness (QED) is 0.805. The number of rotatable bonds is 5. The summed E-state index contributed by atoms with van der Waals surface area (Å²) in [5, 5.41) is 0. The van der Waals surface area contributed by atoms with Gasteiger partial charge in [0.25, 0.3) is 0 Å². The lowest BCUT2D eigenvalue weighted by atomic mass is 9.91. The highest BCUT2D eigenvalue weighted by Crippen LogP contribution is 2.28. The second-order valence-electron chi connectivity index (χ2n) is 4.37. The SMILES string of the molecule is C[C@](F)(C(=O)CCC1OCCO1)c1ccncc1. The number of ketones is 1. The molecule has 0 amide bonds. The van der Waals surface area contributed by atoms with Gasteiger partial charge in [-0.3, -0.25) is 9.78 Å². The predicted molar refractivity (Wildman–Crippen MR) is 62.6 cm³/mol. The molecular formula is C13H16FNO3. The van der Waals surface area contributed by atoms with E-state index in [1.807, 2.05) is 0 Å². The van der Waals surface area contributed by atoms with Gasteiger partial charge in [0, 0.05) is 25.2 Å². The van der Waals surface area contributed by atoms with Crippen LogP contribution < -0.4 is 0 Å². The van der Waals surface area contributed by atoms with Crippen molar-refractivity contribution in [2.45, 2.75) is 31.7 Å². The maximum Gasteiger partial charge on any atom is 0.191 e. The Balaban J connectivity index is 1.94. The molecule has 0 radical (unpaired) electrons. The highest BCUT2D eigenvalue weighted by Gasteiger charge is 2.35. The van der Waals surface area contributed by atoms with Crippen LogP contribution in [0.15, 0.2) is 24.5 Å². The van der Waals surface area contributed by atoms with Gasteiger partial charge in [-0.05, 0) is 24.6 Å². The summed E-state index contributed by atoms with van der Waals surface area (Å²) in [5.74, 6) is -0.465. The maximum absolute atomic E-state index is 14.4. The highest BCUT2D eigenvalue weighted by molar-refractivity contribution is 5.87. The summed E-state index contributed by atoms with van der Waals surface area (Å²) in [7, 11) is 0. The standard InChI is InChI=1S/C13H16FNO3/c1-13(14,10-4-6-15-7-5-10)11(16)2-3-12-17-8-9-18-12/h4-7,12H,2-3,8-9H2,1H3/t13-/m1/s1. The van der Waals surface area contributed by atoms with Crippen molar-refractivity contribution < 1.29 is 18.7 Å². The van der Waals surface area contributed by atoms with Crippen LogP contribution in [0, 0.1) is 0 Å². The van der Waals surface area contributed by atoms with Gasteiger partial charge in [0.2, 0.25) is 0 Å². The number of halogens is 1. The average molecular weight is 253 g/mol. The third-order valence-electron chi connectivity index (χ3n) is 3.04. The van der Waals surface area contributed by atoms with E-state index >= 15 is 0 Å². The Morgan fingerprint density at radius 3 is 2.67 bits per heavy atom. The largest absolute Gasteiger partial charge is 0.350 e. The van der Waals surface area contributed by atoms with E-state index in [1.54, 1.807) is 0 Å². The molecule has 0 aliphatic carbocycles. The molecule has 0 spiro atoms. The second-order valence-corrected chi connectivity index (χ2v) is 4.37. The monoisotopic (exact) mass is 253 g/mol. The predicted octanol–water partition coefficient (Wildman–Crippen LogP) is 1.99. The van der Waals surface area contributed by atoms with Crippen molar-refractivity contribution in [3.8, 4) is 0 Å². The third-order valence-corrected chi connectivity index (χ3v) is 3.04. The Morgan fingerprint density at radius 2 is 2.06 bits per heavy atom. The van der Waals surface area contributed by atoms with Crippen LogP contribution in [0.1, 0.15) is 25.3 Å². The number of alkyl halides is 1. The maximum atomic E-state index is 14.4. The van der Waals surface area contributed by atoms with Crippen molar-refractivity contribution in [1.29, 1.82) is 0 Å². The molecule has 1 aliphatic rings. The molecule has 0 unspecified atom stereocenters. The molecule has 18 heavy (non-hydrogen) atoms. The highest BCUT2D eigenvalue weighted by atomic mass is 19.1. The van der Waals surface area contributed by atoms with Gasteiger partial charge in [-0.1, -0.05) is 0 Å². The summed E-state index contributed by atoms with van der Waals surface area (Å²) in [5.41, 5.74) is -1.66. The van der Waals surface area contributed by atoms with E-state index in [0.29, 0.717) is 25.2 Å². The molecule has 2 rings (SSSR count). The minimum atomic E-state index is -1.98. The van der Waals surface area contributed by atoms with Crippen molar-refractivity contribution in [1.82, 2.24) is 4.98 Å². The second kappa shape index (κ2) is 5.54. The van der Waals surface area contributed by atoms with E-state index in [0.717, 1.165) is 0 Å². The zero-order valence-electron chi connectivity index (χ0n) is 10.3. The zero-order valence-corrected chi connectivity index (χ0v) is 10.3. The zero-order chi connectivity index (χ0) is 13.0. The number of hydrogen-bond donors (Lipinski definition) is 0. The van der Waals surface area contributed by atoms with Gasteiger partial charge in [-0.25, -0.2) is 4.39 Å². The number of carbonyl (C=O) groups is 1. The van der Waals surface area contributed by atoms with E-state index in [9.17, 15) is 9.18 Å². The van der Waals surface area contributed by atoms with E-state index in [4.69, 9.17) is 9.47 Å². The smallest absolute Gasteiger partial charge is 0.191 e. The molecule has 1 aromatic heterocycles. The number of hydrogen-bond acceptors (Lipinski definition) is 4. The molecule has 0 bridgehead atoms. The Morgan fingerprint density at radius 1 is 1.44 bits per heavy atom. The first-order chi connectivity index (χ1) is 8.60. The van der Waals surface area contributed by atoms with Crippen LogP contribution in [0.5, 0.6) is 0 Å². The van der Waals surface area contributed by atoms with Gasteiger partial charge in [-0.2, -0.15) is 0 Å². The molecule has 98 valence electrons. The Labute approximate surface area is 105 Å². The number of ether oxygens (including phenoxy) is 2. The topological polar surface area (TPSA) is 48.4 Å². The minimum absolute atomic E-state index is 0.0972. The van der Waals surface area contributed by atoms with Crippen molar-refractivity contribution in [3.63, 3.8) is 0 Å². The van der Waals surface area contributed by atoms with Crippen LogP contribution in [0.25, 0.3) is 0 Å². The fraction of sp³-hybridized carbons (Fsp3) is 0.538. The van der Waals surface area contributed by atoms with Gasteiger partial charge in [-0.15, -0.1) is 0 Å². The first-order valence-electron chi connectivity index (χ1n) is 5.96. The van der Waals surface area contributed by atoms with Crippen LogP contribution >= 0.6 is 0 Å². The van der Waals surface area contributed by atoms with Gasteiger partial charge < -0.3 is 9.47 Å². The number of Topliss-reactive ketones (excluding diaryl/α,β-unsaturated/α-hetero) is 1. The van der Waals surface area contributed by atoms with Crippen LogP contribution in [-0.4, -0.2) is 30.3 Å². The van der Waals surface area contributed by atoms with Gasteiger partial charge in [0.15, 0.2) is 17.7 Å². The summed E-state index contributed by atoms with van der Waals surface area (Å²) in [6.45, 7) is 2.35. The van der Waals surface area contributed by atoms with Crippen LogP contribution in [0.2, 0.25) is 0 Å². The summed E-state index contributed by atoms with van der Waals surface area (Å²) >= 11 is 0. The lowest BCUT2D eigenvalue weighted by Crippen LogP contribution is -2.28. The number of nitrogens with zero attached hydrogens (tertiary/aromatic N) is 1. The summed E-state index contributed by atoms with van der Waals surface area (Å²) in [6.07, 6.45) is 3.07. The van der Waals surface area contributed by atoms with Gasteiger partial charge in [0.05, 0.1) is 13.2 Å². The molecule has 1 atom stereocenters. The van der Waals surface area contributed by atoms with Crippen molar-refractivity contribution in [2.24, 2.45) is 0 Å². The van der Waals surface area contributed by atoms with Crippen molar-refractivity contribution in [3.05, 3.63) is 30.1 Å². The molecule has 1 saturated heterocycles. The van der Waals surface area contributed by atoms with Gasteiger partial charge in [0.1, 0.15) is 0 Å². The molecule has 1 fully saturated rings. The Hall–Kier alpha value is -1.33. The molecule has 5 heteroatoms. The molecule has 1 aromatic rings. The van der Waals surface area contributed by atoms with Crippen LogP contribution in [0.3, 0.4) is 0 Å². The van der Waals surface area contributed by atoms with E-state index < -0.39 is 11.5 Å². The minimum Gasteiger partial charge on any atom is -0.350 e. The summed E-state index contributed by atoms with van der Waals surface area (Å²) in [4.78, 5) is 15.7. The van der Waals surface area contributed by atoms with E-state index in [-0.39, 0.29) is 12.7 Å². The molecular weight excluding hydrogens is 237 g/mol. The van der Waals surface area contributed by atoms with E-state index in [1.165, 1.54) is 31.5 Å². The van der Waals surface area contributed by atoms with Crippen molar-refractivity contribution >= 4 is 5.78 Å². The first-order valence-corrected chi connectivity index (χ1v) is 5.96. The number of pyridine rings is 1. The van der Waals surface area contributed by atoms with Crippen molar-refractivity contribution in [2.75, 3.05) is 13.2 Å². The first kappa shape index (κ1) is 13.1. The fourth-order valence-corrected chi connectivity index (χ4v) is 1.88. The number of carbonyl (C=O) groups excluding carboxylic acids is 1. The van der Waals surface area contributed by atoms with Crippen LogP contribution in [-0.2, 0) is 19.9 Å². The summed E-state index contributed by atoms with van der Waals surface area (Å²) in [6, 6.07) is 3.03. The Kier molecular flexibility index (Phi) is 4.04. The third kappa shape index (κ3) is 2.91. The average Bonchev–Trinajstić information content (AvgIpc) is 2.90. The molecule has 2 heterocycles. The number of aromatic nitrogens is 1. The molecule has 4 nitrogen and oxygen atoms in total. The lowest BCUT2D eigenvalue weighted by Gasteiger charge is -2.19. The molecule has 0 saturated carbocycles. The summed E-state index contributed by atoms with van der Waals surface area (Å²) < 4.78 is 24.9. The lowest BCUT2D eigenvalue weighted by molar-refractivity contribution is -0.132. The van der Waals surface area contributed by atoms with E-state index in [2.05, 4.69) is 4.98 Å². The fourth-order valence-electron chi connectivity index (χ4n) is 1.88. The van der Waals surface area contributed by atoms with Gasteiger partial charge >= 0.3 is 0 Å². The molecule has 0 aromatic carbocycles. The molecule has 0 N–H and O–H groups in total. The Bertz CT molecular complexity index is 402. The normalized spacial score (nSPS) is 19.7. The van der Waals surface area contributed by atoms with Crippen LogP contribution in [0.4, 0.5) is 4.39 Å². The molecule has 1 aliphatic heterocycles.